The van der Waals surface area contributed by atoms with Gasteiger partial charge in [0.2, 0.25) is 5.91 Å². The lowest BCUT2D eigenvalue weighted by Gasteiger charge is -2.22. The van der Waals surface area contributed by atoms with Crippen LogP contribution in [0.2, 0.25) is 0 Å². The van der Waals surface area contributed by atoms with Crippen LogP contribution in [0.15, 0.2) is 24.3 Å². The predicted octanol–water partition coefficient (Wildman–Crippen LogP) is 3.53. The number of amides is 1. The van der Waals surface area contributed by atoms with E-state index in [2.05, 4.69) is 19.2 Å². The molecule has 3 heteroatoms. The van der Waals surface area contributed by atoms with E-state index in [9.17, 15) is 4.79 Å². The molecular formula is C18H28N2O. The maximum atomic E-state index is 12.2. The van der Waals surface area contributed by atoms with Crippen molar-refractivity contribution in [2.45, 2.75) is 58.4 Å². The van der Waals surface area contributed by atoms with Gasteiger partial charge in [-0.25, -0.2) is 0 Å². The van der Waals surface area contributed by atoms with Crippen molar-refractivity contribution in [3.05, 3.63) is 29.8 Å². The van der Waals surface area contributed by atoms with Gasteiger partial charge in [0.1, 0.15) is 0 Å². The Hall–Kier alpha value is -1.51. The molecule has 1 aliphatic carbocycles. The average molecular weight is 288 g/mol. The van der Waals surface area contributed by atoms with Gasteiger partial charge < -0.3 is 11.1 Å². The Morgan fingerprint density at radius 3 is 2.67 bits per heavy atom. The van der Waals surface area contributed by atoms with Crippen LogP contribution in [0.5, 0.6) is 0 Å². The molecule has 1 fully saturated rings. The third-order valence-electron chi connectivity index (χ3n) is 4.46. The number of carbonyl (C=O) groups is 1. The Morgan fingerprint density at radius 1 is 1.29 bits per heavy atom. The molecule has 0 aliphatic heterocycles. The van der Waals surface area contributed by atoms with Crippen LogP contribution in [0.25, 0.3) is 0 Å². The molecule has 0 saturated heterocycles. The molecule has 116 valence electrons. The highest BCUT2D eigenvalue weighted by molar-refractivity contribution is 5.79. The van der Waals surface area contributed by atoms with Gasteiger partial charge in [0.05, 0.1) is 6.42 Å². The molecule has 1 aromatic carbocycles. The fourth-order valence-electron chi connectivity index (χ4n) is 3.20. The first-order valence-electron chi connectivity index (χ1n) is 8.18. The zero-order valence-electron chi connectivity index (χ0n) is 13.3. The van der Waals surface area contributed by atoms with Crippen molar-refractivity contribution in [2.75, 3.05) is 5.73 Å². The van der Waals surface area contributed by atoms with Gasteiger partial charge in [-0.05, 0) is 48.8 Å². The zero-order chi connectivity index (χ0) is 15.2. The van der Waals surface area contributed by atoms with Gasteiger partial charge in [-0.3, -0.25) is 4.79 Å². The fraction of sp³-hybridized carbons (Fsp3) is 0.611. The molecule has 1 aliphatic rings. The van der Waals surface area contributed by atoms with Gasteiger partial charge in [0, 0.05) is 11.7 Å². The topological polar surface area (TPSA) is 55.1 Å². The van der Waals surface area contributed by atoms with E-state index in [1.54, 1.807) is 0 Å². The van der Waals surface area contributed by atoms with Crippen LogP contribution >= 0.6 is 0 Å². The molecule has 3 N–H and O–H groups in total. The number of nitrogens with one attached hydrogen (secondary N) is 1. The van der Waals surface area contributed by atoms with Crippen molar-refractivity contribution in [1.29, 1.82) is 0 Å². The lowest BCUT2D eigenvalue weighted by atomic mass is 9.93. The molecule has 2 rings (SSSR count). The van der Waals surface area contributed by atoms with Crippen LogP contribution in [0, 0.1) is 11.8 Å². The molecule has 2 unspecified atom stereocenters. The highest BCUT2D eigenvalue weighted by Gasteiger charge is 2.28. The van der Waals surface area contributed by atoms with Crippen molar-refractivity contribution in [1.82, 2.24) is 5.32 Å². The summed E-state index contributed by atoms with van der Waals surface area (Å²) in [7, 11) is 0. The van der Waals surface area contributed by atoms with Gasteiger partial charge >= 0.3 is 0 Å². The van der Waals surface area contributed by atoms with Crippen LogP contribution in [0.1, 0.15) is 51.5 Å². The minimum Gasteiger partial charge on any atom is -0.399 e. The number of nitrogen functional groups attached to an aromatic ring is 1. The van der Waals surface area contributed by atoms with Gasteiger partial charge in [0.25, 0.3) is 0 Å². The molecule has 0 aromatic heterocycles. The monoisotopic (exact) mass is 288 g/mol. The summed E-state index contributed by atoms with van der Waals surface area (Å²) in [6.45, 7) is 4.54. The molecular weight excluding hydrogens is 260 g/mol. The Labute approximate surface area is 128 Å². The second-order valence-electron chi connectivity index (χ2n) is 6.75. The first kappa shape index (κ1) is 15.9. The van der Waals surface area contributed by atoms with Gasteiger partial charge in [-0.2, -0.15) is 0 Å². The maximum Gasteiger partial charge on any atom is 0.224 e. The first-order valence-corrected chi connectivity index (χ1v) is 8.18. The van der Waals surface area contributed by atoms with Crippen molar-refractivity contribution >= 4 is 11.6 Å². The van der Waals surface area contributed by atoms with Gasteiger partial charge in [-0.1, -0.05) is 38.8 Å². The minimum atomic E-state index is 0.140. The SMILES string of the molecule is CC(C)CCC1CCCC1NC(=O)Cc1ccc(N)cc1. The molecule has 0 spiro atoms. The van der Waals surface area contributed by atoms with Crippen LogP contribution in [-0.4, -0.2) is 11.9 Å². The molecule has 0 bridgehead atoms. The zero-order valence-corrected chi connectivity index (χ0v) is 13.3. The molecule has 21 heavy (non-hydrogen) atoms. The van der Waals surface area contributed by atoms with E-state index in [0.29, 0.717) is 18.4 Å². The summed E-state index contributed by atoms with van der Waals surface area (Å²) in [5, 5.41) is 3.25. The summed E-state index contributed by atoms with van der Waals surface area (Å²) in [5.74, 6) is 1.56. The number of anilines is 1. The second kappa shape index (κ2) is 7.48. The summed E-state index contributed by atoms with van der Waals surface area (Å²) in [5.41, 5.74) is 7.43. The van der Waals surface area contributed by atoms with E-state index in [0.717, 1.165) is 23.6 Å². The van der Waals surface area contributed by atoms with Crippen LogP contribution in [0.3, 0.4) is 0 Å². The van der Waals surface area contributed by atoms with E-state index < -0.39 is 0 Å². The maximum absolute atomic E-state index is 12.2. The standard InChI is InChI=1S/C18H28N2O/c1-13(2)6-9-15-4-3-5-17(15)20-18(21)12-14-7-10-16(19)11-8-14/h7-8,10-11,13,15,17H,3-6,9,12,19H2,1-2H3,(H,20,21). The average Bonchev–Trinajstić information content (AvgIpc) is 2.86. The van der Waals surface area contributed by atoms with E-state index in [4.69, 9.17) is 5.73 Å². The van der Waals surface area contributed by atoms with E-state index in [-0.39, 0.29) is 5.91 Å². The number of rotatable bonds is 6. The third kappa shape index (κ3) is 5.07. The lowest BCUT2D eigenvalue weighted by molar-refractivity contribution is -0.121. The van der Waals surface area contributed by atoms with Gasteiger partial charge in [-0.15, -0.1) is 0 Å². The van der Waals surface area contributed by atoms with Crippen molar-refractivity contribution in [3.8, 4) is 0 Å². The predicted molar refractivity (Wildman–Crippen MR) is 87.9 cm³/mol. The fourth-order valence-corrected chi connectivity index (χ4v) is 3.20. The van der Waals surface area contributed by atoms with Crippen LogP contribution in [-0.2, 0) is 11.2 Å². The van der Waals surface area contributed by atoms with E-state index >= 15 is 0 Å². The minimum absolute atomic E-state index is 0.140. The second-order valence-corrected chi connectivity index (χ2v) is 6.75. The number of hydrogen-bond acceptors (Lipinski definition) is 2. The molecule has 0 radical (unpaired) electrons. The third-order valence-corrected chi connectivity index (χ3v) is 4.46. The van der Waals surface area contributed by atoms with Gasteiger partial charge in [0.15, 0.2) is 0 Å². The summed E-state index contributed by atoms with van der Waals surface area (Å²) < 4.78 is 0. The van der Waals surface area contributed by atoms with Crippen molar-refractivity contribution < 1.29 is 4.79 Å². The molecule has 1 amide bonds. The molecule has 3 nitrogen and oxygen atoms in total. The molecule has 0 heterocycles. The van der Waals surface area contributed by atoms with E-state index in [1.807, 2.05) is 24.3 Å². The summed E-state index contributed by atoms with van der Waals surface area (Å²) >= 11 is 0. The highest BCUT2D eigenvalue weighted by atomic mass is 16.1. The van der Waals surface area contributed by atoms with Crippen molar-refractivity contribution in [3.63, 3.8) is 0 Å². The van der Waals surface area contributed by atoms with Crippen LogP contribution < -0.4 is 11.1 Å². The summed E-state index contributed by atoms with van der Waals surface area (Å²) in [6.07, 6.45) is 6.60. The van der Waals surface area contributed by atoms with E-state index in [1.165, 1.54) is 25.7 Å². The molecule has 1 aromatic rings. The normalized spacial score (nSPS) is 21.7. The highest BCUT2D eigenvalue weighted by Crippen LogP contribution is 2.30. The first-order chi connectivity index (χ1) is 10.0. The molecule has 2 atom stereocenters. The quantitative estimate of drug-likeness (QED) is 0.787. The smallest absolute Gasteiger partial charge is 0.224 e. The number of benzene rings is 1. The Kier molecular flexibility index (Phi) is 5.66. The number of carbonyl (C=O) groups excluding carboxylic acids is 1. The Morgan fingerprint density at radius 2 is 2.00 bits per heavy atom. The summed E-state index contributed by atoms with van der Waals surface area (Å²) in [6, 6.07) is 7.94. The number of hydrogen-bond donors (Lipinski definition) is 2. The van der Waals surface area contributed by atoms with Crippen LogP contribution in [0.4, 0.5) is 5.69 Å². The number of nitrogens with two attached hydrogens (primary N) is 1. The lowest BCUT2D eigenvalue weighted by Crippen LogP contribution is -2.38. The Balaban J connectivity index is 1.82. The summed E-state index contributed by atoms with van der Waals surface area (Å²) in [4.78, 5) is 12.2. The molecule has 1 saturated carbocycles. The Bertz CT molecular complexity index is 453. The largest absolute Gasteiger partial charge is 0.399 e. The van der Waals surface area contributed by atoms with Crippen molar-refractivity contribution in [2.24, 2.45) is 11.8 Å².